The van der Waals surface area contributed by atoms with Gasteiger partial charge in [-0.3, -0.25) is 4.90 Å². The fourth-order valence-electron chi connectivity index (χ4n) is 1.66. The van der Waals surface area contributed by atoms with Crippen LogP contribution in [0.1, 0.15) is 39.5 Å². The summed E-state index contributed by atoms with van der Waals surface area (Å²) in [6.07, 6.45) is 9.86. The highest BCUT2D eigenvalue weighted by molar-refractivity contribution is 4.77. The van der Waals surface area contributed by atoms with E-state index in [1.807, 2.05) is 0 Å². The molecule has 0 aromatic heterocycles. The zero-order valence-corrected chi connectivity index (χ0v) is 9.05. The minimum atomic E-state index is 1.19. The smallest absolute Gasteiger partial charge is 0.156 e. The molecule has 76 valence electrons. The number of rotatable bonds is 6. The highest BCUT2D eigenvalue weighted by atomic mass is 15.3. The van der Waals surface area contributed by atoms with E-state index in [4.69, 9.17) is 0 Å². The molecule has 0 bridgehead atoms. The lowest BCUT2D eigenvalue weighted by molar-refractivity contribution is -0.849. The largest absolute Gasteiger partial charge is 0.326 e. The van der Waals surface area contributed by atoms with Crippen molar-refractivity contribution < 1.29 is 4.90 Å². The van der Waals surface area contributed by atoms with Crippen LogP contribution in [-0.2, 0) is 0 Å². The predicted molar refractivity (Wildman–Crippen MR) is 56.4 cm³/mol. The van der Waals surface area contributed by atoms with Gasteiger partial charge in [-0.15, -0.1) is 0 Å². The molecule has 0 amide bonds. The van der Waals surface area contributed by atoms with E-state index in [9.17, 15) is 0 Å². The summed E-state index contributed by atoms with van der Waals surface area (Å²) in [5, 5.41) is 0. The number of quaternary nitrogens is 1. The van der Waals surface area contributed by atoms with Crippen molar-refractivity contribution in [1.29, 1.82) is 0 Å². The average molecular weight is 183 g/mol. The first-order valence-corrected chi connectivity index (χ1v) is 5.63. The number of nitrogens with zero attached hydrogens (tertiary/aromatic N) is 1. The molecule has 1 N–H and O–H groups in total. The van der Waals surface area contributed by atoms with E-state index in [0.29, 0.717) is 0 Å². The number of unbranched alkanes of at least 4 members (excludes halogenated alkanes) is 2. The van der Waals surface area contributed by atoms with Gasteiger partial charge in [-0.1, -0.05) is 26.7 Å². The highest BCUT2D eigenvalue weighted by Gasteiger charge is 2.14. The summed E-state index contributed by atoms with van der Waals surface area (Å²) >= 11 is 0. The van der Waals surface area contributed by atoms with Crippen molar-refractivity contribution in [2.24, 2.45) is 0 Å². The standard InChI is InChI=1S/C11H22N2/c1-3-5-7-12-9-10-13(11-12)8-6-4-2/h9-10H,3-8,11H2,1-2H3/p+1. The second kappa shape index (κ2) is 6.03. The Hall–Kier alpha value is -0.500. The van der Waals surface area contributed by atoms with E-state index in [1.54, 1.807) is 4.90 Å². The normalized spacial score (nSPS) is 21.4. The molecule has 1 atom stereocenters. The fraction of sp³-hybridized carbons (Fsp3) is 0.818. The quantitative estimate of drug-likeness (QED) is 0.650. The van der Waals surface area contributed by atoms with E-state index in [1.165, 1.54) is 45.4 Å². The lowest BCUT2D eigenvalue weighted by Crippen LogP contribution is -3.07. The zero-order chi connectivity index (χ0) is 9.52. The second-order valence-electron chi connectivity index (χ2n) is 3.90. The van der Waals surface area contributed by atoms with Crippen LogP contribution in [0.25, 0.3) is 0 Å². The van der Waals surface area contributed by atoms with E-state index in [-0.39, 0.29) is 0 Å². The molecule has 0 fully saturated rings. The molecule has 0 aliphatic carbocycles. The number of hydrogen-bond donors (Lipinski definition) is 1. The first-order chi connectivity index (χ1) is 6.36. The maximum atomic E-state index is 2.44. The predicted octanol–water partition coefficient (Wildman–Crippen LogP) is 1.22. The summed E-state index contributed by atoms with van der Waals surface area (Å²) in [5.74, 6) is 0. The average Bonchev–Trinajstić information content (AvgIpc) is 2.59. The molecule has 0 spiro atoms. The van der Waals surface area contributed by atoms with E-state index >= 15 is 0 Å². The SMILES string of the molecule is CCCCN1C=C[NH+](CCCC)C1. The van der Waals surface area contributed by atoms with Crippen LogP contribution in [0.5, 0.6) is 0 Å². The summed E-state index contributed by atoms with van der Waals surface area (Å²) < 4.78 is 0. The summed E-state index contributed by atoms with van der Waals surface area (Å²) in [7, 11) is 0. The molecule has 0 aromatic rings. The molecule has 13 heavy (non-hydrogen) atoms. The Morgan fingerprint density at radius 1 is 1.23 bits per heavy atom. The molecule has 0 saturated heterocycles. The topological polar surface area (TPSA) is 7.68 Å². The highest BCUT2D eigenvalue weighted by Crippen LogP contribution is 1.96. The van der Waals surface area contributed by atoms with Gasteiger partial charge in [0.25, 0.3) is 0 Å². The third kappa shape index (κ3) is 3.81. The van der Waals surface area contributed by atoms with Crippen molar-refractivity contribution in [3.05, 3.63) is 12.4 Å². The number of hydrogen-bond acceptors (Lipinski definition) is 1. The Morgan fingerprint density at radius 3 is 2.69 bits per heavy atom. The molecule has 1 aliphatic rings. The molecule has 2 heteroatoms. The Bertz CT molecular complexity index is 138. The van der Waals surface area contributed by atoms with Gasteiger partial charge in [0, 0.05) is 6.54 Å². The number of nitrogens with one attached hydrogen (secondary N) is 1. The summed E-state index contributed by atoms with van der Waals surface area (Å²) in [4.78, 5) is 4.06. The molecule has 1 unspecified atom stereocenters. The third-order valence-electron chi connectivity index (χ3n) is 2.58. The van der Waals surface area contributed by atoms with Crippen LogP contribution in [0, 0.1) is 0 Å². The molecule has 1 aliphatic heterocycles. The van der Waals surface area contributed by atoms with Gasteiger partial charge in [-0.25, -0.2) is 0 Å². The molecule has 0 saturated carbocycles. The Kier molecular flexibility index (Phi) is 4.91. The van der Waals surface area contributed by atoms with Gasteiger partial charge in [0.05, 0.1) is 12.7 Å². The van der Waals surface area contributed by atoms with Crippen molar-refractivity contribution in [2.75, 3.05) is 19.8 Å². The minimum Gasteiger partial charge on any atom is -0.326 e. The van der Waals surface area contributed by atoms with Crippen LogP contribution in [0.3, 0.4) is 0 Å². The lowest BCUT2D eigenvalue weighted by atomic mass is 10.3. The van der Waals surface area contributed by atoms with Gasteiger partial charge in [0.1, 0.15) is 6.20 Å². The van der Waals surface area contributed by atoms with Gasteiger partial charge < -0.3 is 4.90 Å². The van der Waals surface area contributed by atoms with Gasteiger partial charge in [-0.2, -0.15) is 0 Å². The van der Waals surface area contributed by atoms with Crippen LogP contribution in [0.2, 0.25) is 0 Å². The molecule has 0 aromatic carbocycles. The van der Waals surface area contributed by atoms with Crippen LogP contribution in [-0.4, -0.2) is 24.7 Å². The van der Waals surface area contributed by atoms with E-state index in [0.717, 1.165) is 0 Å². The lowest BCUT2D eigenvalue weighted by Gasteiger charge is -2.16. The second-order valence-corrected chi connectivity index (χ2v) is 3.90. The molecule has 2 nitrogen and oxygen atoms in total. The molecular formula is C11H23N2+. The summed E-state index contributed by atoms with van der Waals surface area (Å²) in [6.45, 7) is 8.24. The van der Waals surface area contributed by atoms with Crippen LogP contribution in [0.4, 0.5) is 0 Å². The summed E-state index contributed by atoms with van der Waals surface area (Å²) in [6, 6.07) is 0. The van der Waals surface area contributed by atoms with Gasteiger partial charge in [-0.05, 0) is 12.8 Å². The maximum Gasteiger partial charge on any atom is 0.156 e. The molecule has 1 heterocycles. The van der Waals surface area contributed by atoms with Gasteiger partial charge >= 0.3 is 0 Å². The zero-order valence-electron chi connectivity index (χ0n) is 9.05. The van der Waals surface area contributed by atoms with E-state index < -0.39 is 0 Å². The van der Waals surface area contributed by atoms with Crippen molar-refractivity contribution in [1.82, 2.24) is 4.90 Å². The molecule has 1 rings (SSSR count). The monoisotopic (exact) mass is 183 g/mol. The van der Waals surface area contributed by atoms with Crippen molar-refractivity contribution in [3.63, 3.8) is 0 Å². The van der Waals surface area contributed by atoms with Crippen molar-refractivity contribution in [3.8, 4) is 0 Å². The third-order valence-corrected chi connectivity index (χ3v) is 2.58. The Labute approximate surface area is 82.2 Å². The first-order valence-electron chi connectivity index (χ1n) is 5.63. The van der Waals surface area contributed by atoms with Crippen molar-refractivity contribution in [2.45, 2.75) is 39.5 Å². The van der Waals surface area contributed by atoms with Gasteiger partial charge in [0.15, 0.2) is 6.67 Å². The van der Waals surface area contributed by atoms with Crippen molar-refractivity contribution >= 4 is 0 Å². The Balaban J connectivity index is 2.10. The van der Waals surface area contributed by atoms with Gasteiger partial charge in [0.2, 0.25) is 0 Å². The summed E-state index contributed by atoms with van der Waals surface area (Å²) in [5.41, 5.74) is 0. The van der Waals surface area contributed by atoms with Crippen LogP contribution in [0.15, 0.2) is 12.4 Å². The van der Waals surface area contributed by atoms with E-state index in [2.05, 4.69) is 31.1 Å². The van der Waals surface area contributed by atoms with Crippen LogP contribution >= 0.6 is 0 Å². The first kappa shape index (κ1) is 10.6. The fourth-order valence-corrected chi connectivity index (χ4v) is 1.66. The molecular weight excluding hydrogens is 160 g/mol. The maximum absolute atomic E-state index is 2.44. The minimum absolute atomic E-state index is 1.19. The Morgan fingerprint density at radius 2 is 2.00 bits per heavy atom. The molecule has 0 radical (unpaired) electrons. The van der Waals surface area contributed by atoms with Crippen LogP contribution < -0.4 is 4.90 Å².